The number of hydrogen-bond donors (Lipinski definition) is 3. The maximum atomic E-state index is 13.0. The second-order valence-electron chi connectivity index (χ2n) is 6.96. The normalized spacial score (nSPS) is 11.2. The molecule has 4 N–H and O–H groups in total. The van der Waals surface area contributed by atoms with E-state index in [1.165, 1.54) is 25.4 Å². The van der Waals surface area contributed by atoms with Gasteiger partial charge in [-0.2, -0.15) is 13.2 Å². The molecular weight excluding hydrogens is 423 g/mol. The minimum atomic E-state index is -4.48. The van der Waals surface area contributed by atoms with Crippen LogP contribution in [0.25, 0.3) is 0 Å². The van der Waals surface area contributed by atoms with E-state index in [1.807, 2.05) is 0 Å². The largest absolute Gasteiger partial charge is 0.439 e. The standard InChI is InChI=1S/C22H22F3N5O2/c1-14-2-5-16(11-18(14)22(23,24)25)30-20(31)10-15-3-6-17(7-4-15)32-21-12-19(27-9-8-26)28-13-29-21/h2-7,11-13H,8-10,26H2,1H3,(H,30,31)(H,27,28,29). The Kier molecular flexibility index (Phi) is 7.26. The summed E-state index contributed by atoms with van der Waals surface area (Å²) in [6, 6.07) is 12.1. The molecule has 0 aliphatic rings. The highest BCUT2D eigenvalue weighted by molar-refractivity contribution is 5.92. The Labute approximate surface area is 182 Å². The lowest BCUT2D eigenvalue weighted by Crippen LogP contribution is -2.15. The third kappa shape index (κ3) is 6.42. The molecule has 0 fully saturated rings. The Morgan fingerprint density at radius 3 is 2.53 bits per heavy atom. The number of anilines is 2. The van der Waals surface area contributed by atoms with E-state index >= 15 is 0 Å². The summed E-state index contributed by atoms with van der Waals surface area (Å²) in [6.07, 6.45) is -3.12. The number of benzene rings is 2. The van der Waals surface area contributed by atoms with E-state index in [2.05, 4.69) is 20.6 Å². The van der Waals surface area contributed by atoms with Gasteiger partial charge in [0.2, 0.25) is 11.8 Å². The summed E-state index contributed by atoms with van der Waals surface area (Å²) in [7, 11) is 0. The number of nitrogens with one attached hydrogen (secondary N) is 2. The summed E-state index contributed by atoms with van der Waals surface area (Å²) in [5.74, 6) is 0.997. The Morgan fingerprint density at radius 1 is 1.09 bits per heavy atom. The third-order valence-electron chi connectivity index (χ3n) is 4.43. The summed E-state index contributed by atoms with van der Waals surface area (Å²) < 4.78 is 44.8. The van der Waals surface area contributed by atoms with Crippen LogP contribution in [0.4, 0.5) is 24.7 Å². The molecule has 1 amide bonds. The molecule has 168 valence electrons. The van der Waals surface area contributed by atoms with Crippen LogP contribution < -0.4 is 21.1 Å². The van der Waals surface area contributed by atoms with Gasteiger partial charge in [-0.3, -0.25) is 4.79 Å². The third-order valence-corrected chi connectivity index (χ3v) is 4.43. The lowest BCUT2D eigenvalue weighted by atomic mass is 10.1. The number of ether oxygens (including phenoxy) is 1. The fourth-order valence-electron chi connectivity index (χ4n) is 2.88. The van der Waals surface area contributed by atoms with Gasteiger partial charge in [0.1, 0.15) is 17.9 Å². The van der Waals surface area contributed by atoms with E-state index in [0.717, 1.165) is 6.07 Å². The van der Waals surface area contributed by atoms with Gasteiger partial charge in [0.05, 0.1) is 12.0 Å². The smallest absolute Gasteiger partial charge is 0.416 e. The van der Waals surface area contributed by atoms with Gasteiger partial charge in [-0.1, -0.05) is 18.2 Å². The average molecular weight is 445 g/mol. The molecule has 0 aliphatic heterocycles. The van der Waals surface area contributed by atoms with Crippen molar-refractivity contribution in [1.29, 1.82) is 0 Å². The second-order valence-corrected chi connectivity index (χ2v) is 6.96. The molecule has 0 aliphatic carbocycles. The number of halogens is 3. The summed E-state index contributed by atoms with van der Waals surface area (Å²) in [5, 5.41) is 5.53. The van der Waals surface area contributed by atoms with Crippen molar-refractivity contribution in [3.8, 4) is 11.6 Å². The monoisotopic (exact) mass is 445 g/mol. The highest BCUT2D eigenvalue weighted by Gasteiger charge is 2.32. The van der Waals surface area contributed by atoms with Crippen LogP contribution in [0, 0.1) is 6.92 Å². The molecule has 3 rings (SSSR count). The minimum absolute atomic E-state index is 0.00380. The molecule has 1 aromatic heterocycles. The molecule has 7 nitrogen and oxygen atoms in total. The van der Waals surface area contributed by atoms with Crippen LogP contribution >= 0.6 is 0 Å². The van der Waals surface area contributed by atoms with Crippen molar-refractivity contribution < 1.29 is 22.7 Å². The molecule has 10 heteroatoms. The van der Waals surface area contributed by atoms with Crippen LogP contribution in [-0.4, -0.2) is 29.0 Å². The van der Waals surface area contributed by atoms with Crippen molar-refractivity contribution in [2.24, 2.45) is 5.73 Å². The molecule has 3 aromatic rings. The van der Waals surface area contributed by atoms with Crippen LogP contribution in [0.2, 0.25) is 0 Å². The predicted molar refractivity (Wildman–Crippen MR) is 115 cm³/mol. The number of nitrogens with two attached hydrogens (primary N) is 1. The number of rotatable bonds is 8. The van der Waals surface area contributed by atoms with Crippen LogP contribution in [-0.2, 0) is 17.4 Å². The van der Waals surface area contributed by atoms with Crippen molar-refractivity contribution in [3.05, 3.63) is 71.5 Å². The molecular formula is C22H22F3N5O2. The van der Waals surface area contributed by atoms with E-state index in [9.17, 15) is 18.0 Å². The zero-order valence-electron chi connectivity index (χ0n) is 17.2. The number of hydrogen-bond acceptors (Lipinski definition) is 6. The van der Waals surface area contributed by atoms with Gasteiger partial charge < -0.3 is 21.1 Å². The Balaban J connectivity index is 1.59. The summed E-state index contributed by atoms with van der Waals surface area (Å²) in [4.78, 5) is 20.4. The number of nitrogens with zero attached hydrogens (tertiary/aromatic N) is 2. The number of amides is 1. The van der Waals surface area contributed by atoms with E-state index in [1.54, 1.807) is 30.3 Å². The van der Waals surface area contributed by atoms with Gasteiger partial charge in [-0.25, -0.2) is 9.97 Å². The highest BCUT2D eigenvalue weighted by atomic mass is 19.4. The Morgan fingerprint density at radius 2 is 1.84 bits per heavy atom. The fraction of sp³-hybridized carbons (Fsp3) is 0.227. The van der Waals surface area contributed by atoms with Gasteiger partial charge in [0.15, 0.2) is 0 Å². The molecule has 0 unspecified atom stereocenters. The van der Waals surface area contributed by atoms with Crippen LogP contribution in [0.5, 0.6) is 11.6 Å². The molecule has 0 saturated carbocycles. The number of alkyl halides is 3. The molecule has 32 heavy (non-hydrogen) atoms. The van der Waals surface area contributed by atoms with E-state index in [0.29, 0.717) is 36.1 Å². The zero-order chi connectivity index (χ0) is 23.1. The van der Waals surface area contributed by atoms with E-state index in [4.69, 9.17) is 10.5 Å². The Hall–Kier alpha value is -3.66. The van der Waals surface area contributed by atoms with Gasteiger partial charge in [0, 0.05) is 24.8 Å². The van der Waals surface area contributed by atoms with E-state index in [-0.39, 0.29) is 17.7 Å². The lowest BCUT2D eigenvalue weighted by Gasteiger charge is -2.13. The fourth-order valence-corrected chi connectivity index (χ4v) is 2.88. The van der Waals surface area contributed by atoms with Gasteiger partial charge in [0.25, 0.3) is 0 Å². The number of carbonyl (C=O) groups excluding carboxylic acids is 1. The van der Waals surface area contributed by atoms with Crippen molar-refractivity contribution in [2.75, 3.05) is 23.7 Å². The first-order chi connectivity index (χ1) is 15.2. The lowest BCUT2D eigenvalue weighted by molar-refractivity contribution is -0.138. The van der Waals surface area contributed by atoms with Crippen molar-refractivity contribution in [3.63, 3.8) is 0 Å². The highest BCUT2D eigenvalue weighted by Crippen LogP contribution is 2.33. The SMILES string of the molecule is Cc1ccc(NC(=O)Cc2ccc(Oc3cc(NCCN)ncn3)cc2)cc1C(F)(F)F. The van der Waals surface area contributed by atoms with Crippen molar-refractivity contribution >= 4 is 17.4 Å². The quantitative estimate of drug-likeness (QED) is 0.482. The molecule has 2 aromatic carbocycles. The molecule has 1 heterocycles. The van der Waals surface area contributed by atoms with Crippen LogP contribution in [0.3, 0.4) is 0 Å². The first-order valence-corrected chi connectivity index (χ1v) is 9.75. The van der Waals surface area contributed by atoms with E-state index < -0.39 is 17.6 Å². The van der Waals surface area contributed by atoms with Gasteiger partial charge in [-0.15, -0.1) is 0 Å². The molecule has 0 saturated heterocycles. The average Bonchev–Trinajstić information content (AvgIpc) is 2.74. The first kappa shape index (κ1) is 23.0. The molecule has 0 spiro atoms. The van der Waals surface area contributed by atoms with Gasteiger partial charge >= 0.3 is 6.18 Å². The maximum absolute atomic E-state index is 13.0. The van der Waals surface area contributed by atoms with Crippen LogP contribution in [0.15, 0.2) is 54.9 Å². The first-order valence-electron chi connectivity index (χ1n) is 9.75. The predicted octanol–water partition coefficient (Wildman–Crippen LogP) is 4.15. The number of carbonyl (C=O) groups is 1. The molecule has 0 radical (unpaired) electrons. The second kappa shape index (κ2) is 10.1. The number of aryl methyl sites for hydroxylation is 1. The summed E-state index contributed by atoms with van der Waals surface area (Å²) >= 11 is 0. The van der Waals surface area contributed by atoms with Crippen molar-refractivity contribution in [1.82, 2.24) is 9.97 Å². The molecule has 0 atom stereocenters. The summed E-state index contributed by atoms with van der Waals surface area (Å²) in [6.45, 7) is 2.40. The van der Waals surface area contributed by atoms with Gasteiger partial charge in [-0.05, 0) is 42.3 Å². The van der Waals surface area contributed by atoms with Crippen LogP contribution in [0.1, 0.15) is 16.7 Å². The van der Waals surface area contributed by atoms with Crippen molar-refractivity contribution in [2.45, 2.75) is 19.5 Å². The molecule has 0 bridgehead atoms. The topological polar surface area (TPSA) is 102 Å². The summed E-state index contributed by atoms with van der Waals surface area (Å²) in [5.41, 5.74) is 5.53. The minimum Gasteiger partial charge on any atom is -0.439 e. The number of aromatic nitrogens is 2. The zero-order valence-corrected chi connectivity index (χ0v) is 17.2. The maximum Gasteiger partial charge on any atom is 0.416 e. The Bertz CT molecular complexity index is 1070.